The molecular weight excluding hydrogens is 338 g/mol. The Bertz CT molecular complexity index is 665. The van der Waals surface area contributed by atoms with E-state index in [-0.39, 0.29) is 23.1 Å². The van der Waals surface area contributed by atoms with Crippen LogP contribution in [0, 0.1) is 18.2 Å². The molecule has 0 aliphatic rings. The van der Waals surface area contributed by atoms with E-state index in [1.54, 1.807) is 0 Å². The molecule has 0 unspecified atom stereocenters. The Balaban J connectivity index is 3.40. The number of hydrogen-bond donors (Lipinski definition) is 1. The lowest BCUT2D eigenvalue weighted by Crippen LogP contribution is -2.21. The van der Waals surface area contributed by atoms with Crippen LogP contribution in [-0.4, -0.2) is 31.3 Å². The third-order valence-corrected chi connectivity index (χ3v) is 3.19. The topological polar surface area (TPSA) is 36.3 Å². The lowest BCUT2D eigenvalue weighted by molar-refractivity contribution is -0.138. The number of allylic oxidation sites excluding steroid dienone is 1. The zero-order chi connectivity index (χ0) is 18.8. The average molecular weight is 354 g/mol. The number of halogens is 6. The lowest BCUT2D eigenvalue weighted by Gasteiger charge is -2.21. The quantitative estimate of drug-likeness (QED) is 0.478. The van der Waals surface area contributed by atoms with E-state index >= 15 is 0 Å². The van der Waals surface area contributed by atoms with Crippen molar-refractivity contribution in [3.63, 3.8) is 0 Å². The molecule has 1 aromatic rings. The molecule has 0 bridgehead atoms. The van der Waals surface area contributed by atoms with Gasteiger partial charge in [-0.2, -0.15) is 22.0 Å². The number of alkyl halides is 5. The Kier molecular flexibility index (Phi) is 5.91. The fourth-order valence-electron chi connectivity index (χ4n) is 2.10. The highest BCUT2D eigenvalue weighted by molar-refractivity contribution is 6.10. The first kappa shape index (κ1) is 19.9. The molecule has 0 radical (unpaired) electrons. The summed E-state index contributed by atoms with van der Waals surface area (Å²) >= 11 is 0. The molecule has 0 fully saturated rings. The van der Waals surface area contributed by atoms with E-state index < -0.39 is 35.4 Å². The lowest BCUT2D eigenvalue weighted by atomic mass is 9.97. The minimum absolute atomic E-state index is 0.140. The van der Waals surface area contributed by atoms with E-state index in [1.165, 1.54) is 21.0 Å². The maximum Gasteiger partial charge on any atom is 0.416 e. The Labute approximate surface area is 135 Å². The van der Waals surface area contributed by atoms with Gasteiger partial charge in [0.05, 0.1) is 11.3 Å². The van der Waals surface area contributed by atoms with Crippen molar-refractivity contribution >= 4 is 5.71 Å². The molecule has 9 heteroatoms. The normalized spacial score (nSPS) is 13.0. The third kappa shape index (κ3) is 4.42. The van der Waals surface area contributed by atoms with Gasteiger partial charge in [-0.25, -0.2) is 4.39 Å². The first-order chi connectivity index (χ1) is 10.9. The van der Waals surface area contributed by atoms with E-state index in [9.17, 15) is 26.3 Å². The predicted octanol–water partition coefficient (Wildman–Crippen LogP) is 4.55. The van der Waals surface area contributed by atoms with E-state index in [0.717, 1.165) is 17.9 Å². The summed E-state index contributed by atoms with van der Waals surface area (Å²) in [6, 6.07) is 1.15. The van der Waals surface area contributed by atoms with Crippen molar-refractivity contribution in [3.8, 4) is 0 Å². The van der Waals surface area contributed by atoms with Crippen LogP contribution in [0.25, 0.3) is 0 Å². The summed E-state index contributed by atoms with van der Waals surface area (Å²) in [6.45, 7) is -0.795. The number of rotatable bonds is 5. The van der Waals surface area contributed by atoms with Crippen LogP contribution in [0.2, 0.25) is 0 Å². The molecule has 0 amide bonds. The van der Waals surface area contributed by atoms with Gasteiger partial charge < -0.3 is 9.64 Å². The summed E-state index contributed by atoms with van der Waals surface area (Å²) in [4.78, 5) is 1.16. The van der Waals surface area contributed by atoms with Gasteiger partial charge in [0, 0.05) is 25.2 Å². The number of nitrogens with zero attached hydrogens (tertiary/aromatic N) is 1. The fourth-order valence-corrected chi connectivity index (χ4v) is 2.10. The van der Waals surface area contributed by atoms with Gasteiger partial charge in [-0.15, -0.1) is 0 Å². The average Bonchev–Trinajstić information content (AvgIpc) is 2.43. The minimum Gasteiger partial charge on any atom is -0.419 e. The molecule has 0 aromatic heterocycles. The van der Waals surface area contributed by atoms with Crippen LogP contribution >= 0.6 is 0 Å². The highest BCUT2D eigenvalue weighted by atomic mass is 19.4. The standard InChI is InChI=1S/C15H16F6N2O/c1-7-5-9(11(16)6-10(7)15(19,20)21)12(22)8(2)13(23(3)4)24-14(17)18/h5-6,14,22H,1-4H3/b13-8+,22-12?. The molecule has 0 aliphatic heterocycles. The van der Waals surface area contributed by atoms with Crippen molar-refractivity contribution in [3.05, 3.63) is 46.1 Å². The number of benzene rings is 1. The molecule has 0 heterocycles. The van der Waals surface area contributed by atoms with Gasteiger partial charge in [0.2, 0.25) is 0 Å². The second-order valence-electron chi connectivity index (χ2n) is 5.22. The van der Waals surface area contributed by atoms with Gasteiger partial charge >= 0.3 is 12.8 Å². The SMILES string of the molecule is C/C(C(=N)c1cc(C)c(C(F)(F)F)cc1F)=C(\OC(F)F)N(C)C. The van der Waals surface area contributed by atoms with E-state index in [4.69, 9.17) is 5.41 Å². The monoisotopic (exact) mass is 354 g/mol. The molecule has 1 aromatic carbocycles. The maximum absolute atomic E-state index is 14.0. The number of nitrogens with one attached hydrogen (secondary N) is 1. The Morgan fingerprint density at radius 3 is 2.17 bits per heavy atom. The Morgan fingerprint density at radius 1 is 1.21 bits per heavy atom. The first-order valence-electron chi connectivity index (χ1n) is 6.65. The largest absolute Gasteiger partial charge is 0.419 e. The summed E-state index contributed by atoms with van der Waals surface area (Å²) in [7, 11) is 2.76. The molecule has 0 aliphatic carbocycles. The van der Waals surface area contributed by atoms with Gasteiger partial charge in [-0.1, -0.05) is 0 Å². The van der Waals surface area contributed by atoms with Crippen molar-refractivity contribution in [1.82, 2.24) is 4.90 Å². The number of ether oxygens (including phenoxy) is 1. The van der Waals surface area contributed by atoms with Gasteiger partial charge in [-0.3, -0.25) is 5.41 Å². The summed E-state index contributed by atoms with van der Waals surface area (Å²) in [5.41, 5.74) is -2.56. The minimum atomic E-state index is -4.73. The zero-order valence-electron chi connectivity index (χ0n) is 13.4. The van der Waals surface area contributed by atoms with Crippen LogP contribution in [0.1, 0.15) is 23.6 Å². The summed E-state index contributed by atoms with van der Waals surface area (Å²) in [6.07, 6.45) is -4.73. The highest BCUT2D eigenvalue weighted by Gasteiger charge is 2.34. The molecule has 0 atom stereocenters. The van der Waals surface area contributed by atoms with Crippen LogP contribution in [0.4, 0.5) is 26.3 Å². The molecule has 1 N–H and O–H groups in total. The molecule has 134 valence electrons. The fraction of sp³-hybridized carbons (Fsp3) is 0.400. The second-order valence-corrected chi connectivity index (χ2v) is 5.22. The van der Waals surface area contributed by atoms with E-state index in [0.29, 0.717) is 0 Å². The van der Waals surface area contributed by atoms with Crippen molar-refractivity contribution in [2.75, 3.05) is 14.1 Å². The van der Waals surface area contributed by atoms with Crippen molar-refractivity contribution in [2.45, 2.75) is 26.6 Å². The maximum atomic E-state index is 14.0. The number of aryl methyl sites for hydroxylation is 1. The van der Waals surface area contributed by atoms with Gasteiger partial charge in [0.1, 0.15) is 5.82 Å². The van der Waals surface area contributed by atoms with Crippen molar-refractivity contribution in [1.29, 1.82) is 5.41 Å². The molecular formula is C15H16F6N2O. The predicted molar refractivity (Wildman–Crippen MR) is 76.4 cm³/mol. The van der Waals surface area contributed by atoms with Crippen LogP contribution < -0.4 is 0 Å². The van der Waals surface area contributed by atoms with Crippen LogP contribution in [-0.2, 0) is 10.9 Å². The zero-order valence-corrected chi connectivity index (χ0v) is 13.4. The molecule has 3 nitrogen and oxygen atoms in total. The van der Waals surface area contributed by atoms with Gasteiger partial charge in [-0.05, 0) is 31.5 Å². The third-order valence-electron chi connectivity index (χ3n) is 3.19. The van der Waals surface area contributed by atoms with Crippen LogP contribution in [0.15, 0.2) is 23.6 Å². The van der Waals surface area contributed by atoms with E-state index in [1.807, 2.05) is 0 Å². The molecule has 0 saturated heterocycles. The molecule has 0 spiro atoms. The highest BCUT2D eigenvalue weighted by Crippen LogP contribution is 2.33. The van der Waals surface area contributed by atoms with Crippen molar-refractivity contribution in [2.24, 2.45) is 0 Å². The second kappa shape index (κ2) is 7.14. The van der Waals surface area contributed by atoms with Gasteiger partial charge in [0.25, 0.3) is 0 Å². The first-order valence-corrected chi connectivity index (χ1v) is 6.65. The Morgan fingerprint density at radius 2 is 1.75 bits per heavy atom. The summed E-state index contributed by atoms with van der Waals surface area (Å²) in [5, 5.41) is 7.94. The van der Waals surface area contributed by atoms with Gasteiger partial charge in [0.15, 0.2) is 5.88 Å². The van der Waals surface area contributed by atoms with Crippen molar-refractivity contribution < 1.29 is 31.1 Å². The van der Waals surface area contributed by atoms with Crippen LogP contribution in [0.3, 0.4) is 0 Å². The summed E-state index contributed by atoms with van der Waals surface area (Å²) < 4.78 is 81.5. The summed E-state index contributed by atoms with van der Waals surface area (Å²) in [5.74, 6) is -1.65. The van der Waals surface area contributed by atoms with Crippen LogP contribution in [0.5, 0.6) is 0 Å². The molecule has 0 saturated carbocycles. The Hall–Kier alpha value is -2.19. The number of hydrogen-bond acceptors (Lipinski definition) is 3. The smallest absolute Gasteiger partial charge is 0.416 e. The van der Waals surface area contributed by atoms with E-state index in [2.05, 4.69) is 4.74 Å². The molecule has 24 heavy (non-hydrogen) atoms. The molecule has 1 rings (SSSR count).